The Hall–Kier alpha value is -2.26. The summed E-state index contributed by atoms with van der Waals surface area (Å²) in [6, 6.07) is 4.73. The van der Waals surface area contributed by atoms with Crippen molar-refractivity contribution in [3.8, 4) is 0 Å². The van der Waals surface area contributed by atoms with E-state index in [1.54, 1.807) is 26.1 Å². The van der Waals surface area contributed by atoms with Gasteiger partial charge in [0.1, 0.15) is 5.82 Å². The van der Waals surface area contributed by atoms with Gasteiger partial charge < -0.3 is 9.41 Å². The molecule has 1 aromatic heterocycles. The van der Waals surface area contributed by atoms with Gasteiger partial charge in [0.05, 0.1) is 0 Å². The fourth-order valence-electron chi connectivity index (χ4n) is 2.70. The van der Waals surface area contributed by atoms with E-state index >= 15 is 0 Å². The van der Waals surface area contributed by atoms with E-state index in [0.29, 0.717) is 33.1 Å². The molecule has 0 aliphatic heterocycles. The highest BCUT2D eigenvalue weighted by molar-refractivity contribution is 9.10. The molecule has 0 saturated heterocycles. The first-order valence-corrected chi connectivity index (χ1v) is 8.64. The van der Waals surface area contributed by atoms with Crippen molar-refractivity contribution in [2.24, 2.45) is 7.05 Å². The van der Waals surface area contributed by atoms with Crippen LogP contribution in [0.4, 0.5) is 4.39 Å². The quantitative estimate of drug-likeness (QED) is 0.413. The molecule has 0 spiro atoms. The average molecular weight is 405 g/mol. The second kappa shape index (κ2) is 8.21. The highest BCUT2D eigenvalue weighted by atomic mass is 79.9. The Kier molecular flexibility index (Phi) is 6.27. The third kappa shape index (κ3) is 4.43. The Morgan fingerprint density at radius 3 is 2.76 bits per heavy atom. The van der Waals surface area contributed by atoms with Crippen LogP contribution in [0.25, 0.3) is 4.85 Å². The molecule has 0 aliphatic carbocycles. The maximum absolute atomic E-state index is 14.2. The Morgan fingerprint density at radius 1 is 1.40 bits per heavy atom. The number of rotatable bonds is 6. The van der Waals surface area contributed by atoms with Crippen LogP contribution >= 0.6 is 15.9 Å². The van der Waals surface area contributed by atoms with Crippen LogP contribution in [0.5, 0.6) is 0 Å². The molecule has 0 aliphatic rings. The first kappa shape index (κ1) is 19.1. The third-order valence-corrected chi connectivity index (χ3v) is 4.59. The maximum atomic E-state index is 14.2. The van der Waals surface area contributed by atoms with Crippen LogP contribution in [0.2, 0.25) is 0 Å². The van der Waals surface area contributed by atoms with Gasteiger partial charge in [-0.05, 0) is 30.2 Å². The minimum absolute atomic E-state index is 0.130. The molecular weight excluding hydrogens is 387 g/mol. The number of hydrogen-bond acceptors (Lipinski definition) is 2. The number of aromatic nitrogens is 1. The highest BCUT2D eigenvalue weighted by Gasteiger charge is 2.19. The second-order valence-electron chi connectivity index (χ2n) is 5.88. The molecule has 0 bridgehead atoms. The number of benzene rings is 1. The number of pyridine rings is 1. The molecule has 130 valence electrons. The lowest BCUT2D eigenvalue weighted by Crippen LogP contribution is -2.24. The Bertz CT molecular complexity index is 913. The largest absolute Gasteiger partial charge is 0.318 e. The Labute approximate surface area is 154 Å². The van der Waals surface area contributed by atoms with E-state index in [-0.39, 0.29) is 36.5 Å². The molecule has 0 N–H and O–H groups in total. The zero-order valence-corrected chi connectivity index (χ0v) is 15.7. The van der Waals surface area contributed by atoms with E-state index in [9.17, 15) is 14.0 Å². The lowest BCUT2D eigenvalue weighted by Gasteiger charge is -2.14. The lowest BCUT2D eigenvalue weighted by atomic mass is 9.93. The van der Waals surface area contributed by atoms with Crippen molar-refractivity contribution in [1.29, 1.82) is 0 Å². The topological polar surface area (TPSA) is 43.4 Å². The summed E-state index contributed by atoms with van der Waals surface area (Å²) < 4.78 is 16.2. The predicted octanol–water partition coefficient (Wildman–Crippen LogP) is 4.07. The van der Waals surface area contributed by atoms with E-state index < -0.39 is 0 Å². The molecule has 1 aromatic carbocycles. The monoisotopic (exact) mass is 404 g/mol. The first-order valence-electron chi connectivity index (χ1n) is 7.84. The van der Waals surface area contributed by atoms with Crippen LogP contribution in [-0.4, -0.2) is 16.9 Å². The highest BCUT2D eigenvalue weighted by Crippen LogP contribution is 2.22. The van der Waals surface area contributed by atoms with E-state index in [1.165, 1.54) is 16.8 Å². The predicted molar refractivity (Wildman–Crippen MR) is 98.4 cm³/mol. The molecule has 0 saturated carbocycles. The molecule has 0 fully saturated rings. The van der Waals surface area contributed by atoms with Crippen molar-refractivity contribution in [3.05, 3.63) is 78.7 Å². The number of carbonyl (C=O) groups is 1. The number of halogens is 2. The molecule has 0 unspecified atom stereocenters. The van der Waals surface area contributed by atoms with Crippen LogP contribution in [0.15, 0.2) is 33.7 Å². The zero-order valence-electron chi connectivity index (χ0n) is 14.1. The summed E-state index contributed by atoms with van der Waals surface area (Å²) in [6.45, 7) is 8.74. The Balaban J connectivity index is 2.48. The molecule has 25 heavy (non-hydrogen) atoms. The van der Waals surface area contributed by atoms with Crippen molar-refractivity contribution in [2.45, 2.75) is 26.2 Å². The molecule has 0 amide bonds. The van der Waals surface area contributed by atoms with Crippen molar-refractivity contribution < 1.29 is 9.18 Å². The van der Waals surface area contributed by atoms with Gasteiger partial charge in [0.15, 0.2) is 5.78 Å². The molecule has 6 heteroatoms. The minimum atomic E-state index is -0.388. The summed E-state index contributed by atoms with van der Waals surface area (Å²) in [5, 5.41) is 0. The van der Waals surface area contributed by atoms with Crippen LogP contribution in [0.3, 0.4) is 0 Å². The summed E-state index contributed by atoms with van der Waals surface area (Å²) in [5.41, 5.74) is 1.64. The zero-order chi connectivity index (χ0) is 18.6. The fourth-order valence-corrected chi connectivity index (χ4v) is 3.04. The first-order chi connectivity index (χ1) is 11.8. The lowest BCUT2D eigenvalue weighted by molar-refractivity contribution is 0.0979. The molecule has 2 aromatic rings. The summed E-state index contributed by atoms with van der Waals surface area (Å²) in [4.78, 5) is 28.1. The number of aryl methyl sites for hydroxylation is 1. The van der Waals surface area contributed by atoms with Crippen LogP contribution in [0.1, 0.15) is 39.9 Å². The SMILES string of the molecule is [C-]#[N+]CCCC(=O)c1cn(C)c(=O)c(C)c1Cc1ccc(Br)cc1F. The smallest absolute Gasteiger partial charge is 0.253 e. The summed E-state index contributed by atoms with van der Waals surface area (Å²) in [7, 11) is 1.59. The minimum Gasteiger partial charge on any atom is -0.318 e. The van der Waals surface area contributed by atoms with Crippen LogP contribution in [-0.2, 0) is 13.5 Å². The van der Waals surface area contributed by atoms with E-state index in [2.05, 4.69) is 20.8 Å². The van der Waals surface area contributed by atoms with Gasteiger partial charge in [-0.25, -0.2) is 11.0 Å². The number of carbonyl (C=O) groups excluding carboxylic acids is 1. The summed E-state index contributed by atoms with van der Waals surface area (Å²) >= 11 is 3.22. The van der Waals surface area contributed by atoms with Crippen LogP contribution in [0, 0.1) is 19.3 Å². The van der Waals surface area contributed by atoms with Gasteiger partial charge in [0.25, 0.3) is 5.56 Å². The number of ketones is 1. The fraction of sp³-hybridized carbons (Fsp3) is 0.316. The molecule has 0 radical (unpaired) electrons. The van der Waals surface area contributed by atoms with Gasteiger partial charge in [0.2, 0.25) is 6.54 Å². The molecular formula is C19H18BrFN2O2. The van der Waals surface area contributed by atoms with Gasteiger partial charge in [-0.15, -0.1) is 0 Å². The van der Waals surface area contributed by atoms with E-state index in [0.717, 1.165) is 0 Å². The van der Waals surface area contributed by atoms with Crippen LogP contribution < -0.4 is 5.56 Å². The molecule has 1 heterocycles. The molecule has 4 nitrogen and oxygen atoms in total. The van der Waals surface area contributed by atoms with Gasteiger partial charge in [-0.2, -0.15) is 0 Å². The van der Waals surface area contributed by atoms with Gasteiger partial charge in [0, 0.05) is 48.1 Å². The van der Waals surface area contributed by atoms with Gasteiger partial charge in [-0.3, -0.25) is 9.59 Å². The molecule has 2 rings (SSSR count). The summed E-state index contributed by atoms with van der Waals surface area (Å²) in [5.74, 6) is -0.518. The van der Waals surface area contributed by atoms with Crippen molar-refractivity contribution in [3.63, 3.8) is 0 Å². The number of hydrogen-bond donors (Lipinski definition) is 0. The van der Waals surface area contributed by atoms with Crippen molar-refractivity contribution in [2.75, 3.05) is 6.54 Å². The third-order valence-electron chi connectivity index (χ3n) is 4.10. The van der Waals surface area contributed by atoms with Crippen molar-refractivity contribution in [1.82, 2.24) is 4.57 Å². The average Bonchev–Trinajstić information content (AvgIpc) is 2.57. The maximum Gasteiger partial charge on any atom is 0.253 e. The molecule has 0 atom stereocenters. The number of Topliss-reactive ketones (excluding diaryl/α,β-unsaturated/α-hetero) is 1. The normalized spacial score (nSPS) is 10.5. The van der Waals surface area contributed by atoms with E-state index in [4.69, 9.17) is 6.57 Å². The Morgan fingerprint density at radius 2 is 2.12 bits per heavy atom. The number of nitrogens with zero attached hydrogens (tertiary/aromatic N) is 2. The standard InChI is InChI=1S/C19H18BrFN2O2/c1-12-15(9-13-6-7-14(20)10-17(13)21)16(11-23(3)19(12)25)18(24)5-4-8-22-2/h6-7,10-11H,4-5,8-9H2,1,3H3. The van der Waals surface area contributed by atoms with E-state index in [1.807, 2.05) is 0 Å². The summed E-state index contributed by atoms with van der Waals surface area (Å²) in [6.07, 6.45) is 2.39. The second-order valence-corrected chi connectivity index (χ2v) is 6.80. The van der Waals surface area contributed by atoms with Gasteiger partial charge >= 0.3 is 0 Å². The van der Waals surface area contributed by atoms with Crippen molar-refractivity contribution >= 4 is 21.7 Å². The van der Waals surface area contributed by atoms with Gasteiger partial charge in [-0.1, -0.05) is 22.0 Å².